The fourth-order valence-electron chi connectivity index (χ4n) is 2.83. The summed E-state index contributed by atoms with van der Waals surface area (Å²) in [4.78, 5) is 21.9. The second-order valence-corrected chi connectivity index (χ2v) is 6.37. The van der Waals surface area contributed by atoms with Crippen LogP contribution in [0.15, 0.2) is 24.3 Å². The third-order valence-electron chi connectivity index (χ3n) is 4.09. The highest BCUT2D eigenvalue weighted by Gasteiger charge is 2.26. The fourth-order valence-corrected chi connectivity index (χ4v) is 2.83. The van der Waals surface area contributed by atoms with E-state index in [0.717, 1.165) is 42.8 Å². The summed E-state index contributed by atoms with van der Waals surface area (Å²) in [5.74, 6) is 1.80. The van der Waals surface area contributed by atoms with E-state index in [-0.39, 0.29) is 6.09 Å². The smallest absolute Gasteiger partial charge is 0.409 e. The summed E-state index contributed by atoms with van der Waals surface area (Å²) in [7, 11) is 0. The maximum Gasteiger partial charge on any atom is 0.409 e. The molecule has 1 fully saturated rings. The molecule has 1 amide bonds. The van der Waals surface area contributed by atoms with Gasteiger partial charge in [-0.1, -0.05) is 26.0 Å². The van der Waals surface area contributed by atoms with E-state index in [9.17, 15) is 4.79 Å². The van der Waals surface area contributed by atoms with Crippen LogP contribution in [0.25, 0.3) is 11.0 Å². The van der Waals surface area contributed by atoms with E-state index in [0.29, 0.717) is 18.4 Å². The maximum atomic E-state index is 12.0. The zero-order valence-electron chi connectivity index (χ0n) is 13.2. The number of amides is 1. The molecule has 0 radical (unpaired) electrons. The number of nitrogens with zero attached hydrogens (tertiary/aromatic N) is 2. The molecular weight excluding hydrogens is 278 g/mol. The van der Waals surface area contributed by atoms with E-state index < -0.39 is 0 Å². The number of aromatic nitrogens is 2. The Kier molecular flexibility index (Phi) is 4.32. The van der Waals surface area contributed by atoms with E-state index in [1.807, 2.05) is 43.0 Å². The molecule has 1 aromatic carbocycles. The number of carbonyl (C=O) groups is 1. The highest BCUT2D eigenvalue weighted by molar-refractivity contribution is 5.74. The molecule has 1 saturated heterocycles. The van der Waals surface area contributed by atoms with Crippen molar-refractivity contribution >= 4 is 17.1 Å². The Morgan fingerprint density at radius 2 is 2.09 bits per heavy atom. The standard InChI is InChI=1S/C17H23N3O2/c1-12(2)11-22-17(21)20-9-7-13(8-10-20)16-18-14-5-3-4-6-15(14)19-16/h3-6,12-13H,7-11H2,1-2H3,(H,18,19). The predicted octanol–water partition coefficient (Wildman–Crippen LogP) is 3.53. The Morgan fingerprint density at radius 3 is 2.77 bits per heavy atom. The highest BCUT2D eigenvalue weighted by atomic mass is 16.6. The Morgan fingerprint density at radius 1 is 1.36 bits per heavy atom. The zero-order chi connectivity index (χ0) is 15.5. The molecule has 0 bridgehead atoms. The van der Waals surface area contributed by atoms with Gasteiger partial charge < -0.3 is 14.6 Å². The zero-order valence-corrected chi connectivity index (χ0v) is 13.2. The van der Waals surface area contributed by atoms with Crippen molar-refractivity contribution < 1.29 is 9.53 Å². The fraction of sp³-hybridized carbons (Fsp3) is 0.529. The lowest BCUT2D eigenvalue weighted by Crippen LogP contribution is -2.38. The summed E-state index contributed by atoms with van der Waals surface area (Å²) in [6, 6.07) is 8.08. The van der Waals surface area contributed by atoms with Gasteiger partial charge in [0.15, 0.2) is 0 Å². The van der Waals surface area contributed by atoms with Crippen LogP contribution < -0.4 is 0 Å². The minimum absolute atomic E-state index is 0.184. The van der Waals surface area contributed by atoms with E-state index in [4.69, 9.17) is 4.74 Å². The van der Waals surface area contributed by atoms with Crippen molar-refractivity contribution in [2.75, 3.05) is 19.7 Å². The van der Waals surface area contributed by atoms with Crippen LogP contribution in [0.1, 0.15) is 38.4 Å². The molecule has 5 heteroatoms. The quantitative estimate of drug-likeness (QED) is 0.943. The van der Waals surface area contributed by atoms with E-state index in [1.165, 1.54) is 0 Å². The van der Waals surface area contributed by atoms with Crippen molar-refractivity contribution in [1.82, 2.24) is 14.9 Å². The van der Waals surface area contributed by atoms with Crippen LogP contribution in [-0.2, 0) is 4.74 Å². The number of para-hydroxylation sites is 2. The third-order valence-corrected chi connectivity index (χ3v) is 4.09. The first kappa shape index (κ1) is 14.9. The van der Waals surface area contributed by atoms with Gasteiger partial charge in [-0.25, -0.2) is 9.78 Å². The minimum atomic E-state index is -0.184. The molecule has 118 valence electrons. The Labute approximate surface area is 130 Å². The highest BCUT2D eigenvalue weighted by Crippen LogP contribution is 2.27. The van der Waals surface area contributed by atoms with Gasteiger partial charge in [0.1, 0.15) is 5.82 Å². The van der Waals surface area contributed by atoms with E-state index >= 15 is 0 Å². The van der Waals surface area contributed by atoms with Crippen LogP contribution in [-0.4, -0.2) is 40.7 Å². The number of rotatable bonds is 3. The average Bonchev–Trinajstić information content (AvgIpc) is 2.96. The molecule has 5 nitrogen and oxygen atoms in total. The van der Waals surface area contributed by atoms with Crippen molar-refractivity contribution in [2.45, 2.75) is 32.6 Å². The molecule has 2 heterocycles. The Balaban J connectivity index is 1.58. The first-order valence-corrected chi connectivity index (χ1v) is 8.00. The van der Waals surface area contributed by atoms with Crippen LogP contribution in [0.5, 0.6) is 0 Å². The third kappa shape index (κ3) is 3.24. The maximum absolute atomic E-state index is 12.0. The van der Waals surface area contributed by atoms with Crippen LogP contribution >= 0.6 is 0 Å². The number of piperidine rings is 1. The van der Waals surface area contributed by atoms with Gasteiger partial charge in [-0.15, -0.1) is 0 Å². The molecule has 0 spiro atoms. The molecule has 1 N–H and O–H groups in total. The number of ether oxygens (including phenoxy) is 1. The summed E-state index contributed by atoms with van der Waals surface area (Å²) >= 11 is 0. The van der Waals surface area contributed by atoms with Gasteiger partial charge >= 0.3 is 6.09 Å². The summed E-state index contributed by atoms with van der Waals surface area (Å²) < 4.78 is 5.30. The molecule has 2 aromatic rings. The number of likely N-dealkylation sites (tertiary alicyclic amines) is 1. The number of imidazole rings is 1. The first-order valence-electron chi connectivity index (χ1n) is 8.00. The summed E-state index contributed by atoms with van der Waals surface area (Å²) in [6.07, 6.45) is 1.67. The van der Waals surface area contributed by atoms with Crippen LogP contribution in [0, 0.1) is 5.92 Å². The Hall–Kier alpha value is -2.04. The lowest BCUT2D eigenvalue weighted by molar-refractivity contribution is 0.0831. The average molecular weight is 301 g/mol. The second kappa shape index (κ2) is 6.38. The van der Waals surface area contributed by atoms with Gasteiger partial charge in [0, 0.05) is 19.0 Å². The van der Waals surface area contributed by atoms with Gasteiger partial charge in [0.25, 0.3) is 0 Å². The van der Waals surface area contributed by atoms with E-state index in [2.05, 4.69) is 9.97 Å². The second-order valence-electron chi connectivity index (χ2n) is 6.37. The molecule has 3 rings (SSSR count). The first-order chi connectivity index (χ1) is 10.6. The minimum Gasteiger partial charge on any atom is -0.449 e. The van der Waals surface area contributed by atoms with Crippen LogP contribution in [0.2, 0.25) is 0 Å². The van der Waals surface area contributed by atoms with Crippen molar-refractivity contribution in [2.24, 2.45) is 5.92 Å². The largest absolute Gasteiger partial charge is 0.449 e. The van der Waals surface area contributed by atoms with Crippen LogP contribution in [0.3, 0.4) is 0 Å². The lowest BCUT2D eigenvalue weighted by atomic mass is 9.96. The number of hydrogen-bond acceptors (Lipinski definition) is 3. The molecule has 1 aromatic heterocycles. The molecule has 0 saturated carbocycles. The number of aromatic amines is 1. The molecule has 0 unspecified atom stereocenters. The van der Waals surface area contributed by atoms with Crippen molar-refractivity contribution in [3.05, 3.63) is 30.1 Å². The summed E-state index contributed by atoms with van der Waals surface area (Å²) in [5.41, 5.74) is 2.09. The number of hydrogen-bond donors (Lipinski definition) is 1. The van der Waals surface area contributed by atoms with Crippen molar-refractivity contribution in [3.63, 3.8) is 0 Å². The van der Waals surface area contributed by atoms with Gasteiger partial charge in [-0.2, -0.15) is 0 Å². The molecule has 1 aliphatic heterocycles. The number of benzene rings is 1. The summed E-state index contributed by atoms with van der Waals surface area (Å²) in [5, 5.41) is 0. The van der Waals surface area contributed by atoms with Gasteiger partial charge in [-0.05, 0) is 30.9 Å². The van der Waals surface area contributed by atoms with Gasteiger partial charge in [0.05, 0.1) is 17.6 Å². The van der Waals surface area contributed by atoms with Gasteiger partial charge in [-0.3, -0.25) is 0 Å². The SMILES string of the molecule is CC(C)COC(=O)N1CCC(c2nc3ccccc3[nH]2)CC1. The Bertz CT molecular complexity index is 609. The normalized spacial score (nSPS) is 16.4. The van der Waals surface area contributed by atoms with Crippen molar-refractivity contribution in [3.8, 4) is 0 Å². The molecule has 0 atom stereocenters. The topological polar surface area (TPSA) is 58.2 Å². The van der Waals surface area contributed by atoms with E-state index in [1.54, 1.807) is 0 Å². The summed E-state index contributed by atoms with van der Waals surface area (Å²) in [6.45, 7) is 6.04. The number of carbonyl (C=O) groups excluding carboxylic acids is 1. The lowest BCUT2D eigenvalue weighted by Gasteiger charge is -2.30. The number of nitrogens with one attached hydrogen (secondary N) is 1. The monoisotopic (exact) mass is 301 g/mol. The molecular formula is C17H23N3O2. The molecule has 0 aliphatic carbocycles. The number of H-pyrrole nitrogens is 1. The van der Waals surface area contributed by atoms with Crippen molar-refractivity contribution in [1.29, 1.82) is 0 Å². The van der Waals surface area contributed by atoms with Gasteiger partial charge in [0.2, 0.25) is 0 Å². The number of fused-ring (bicyclic) bond motifs is 1. The molecule has 1 aliphatic rings. The molecule has 22 heavy (non-hydrogen) atoms. The predicted molar refractivity (Wildman–Crippen MR) is 85.8 cm³/mol. The van der Waals surface area contributed by atoms with Crippen LogP contribution in [0.4, 0.5) is 4.79 Å².